The average Bonchev–Trinajstić information content (AvgIpc) is 1.99. The van der Waals surface area contributed by atoms with Crippen LogP contribution in [-0.4, -0.2) is 17.1 Å². The second-order valence-corrected chi connectivity index (χ2v) is 3.48. The molecule has 82 valence electrons. The number of benzene rings is 1. The molecule has 0 saturated heterocycles. The van der Waals surface area contributed by atoms with E-state index in [1.807, 2.05) is 0 Å². The van der Waals surface area contributed by atoms with Crippen molar-refractivity contribution >= 4 is 28.9 Å². The summed E-state index contributed by atoms with van der Waals surface area (Å²) in [5.74, 6) is 0. The van der Waals surface area contributed by atoms with Gasteiger partial charge in [-0.15, -0.1) is 0 Å². The van der Waals surface area contributed by atoms with Gasteiger partial charge in [0, 0.05) is 15.6 Å². The quantitative estimate of drug-likeness (QED) is 0.464. The Hall–Kier alpha value is -0.940. The molecule has 0 fully saturated rings. The Labute approximate surface area is 92.9 Å². The van der Waals surface area contributed by atoms with Gasteiger partial charge in [0.25, 0.3) is 0 Å². The first-order chi connectivity index (χ1) is 6.84. The van der Waals surface area contributed by atoms with Crippen molar-refractivity contribution in [1.82, 2.24) is 0 Å². The number of oxime groups is 1. The lowest BCUT2D eigenvalue weighted by Gasteiger charge is -2.09. The van der Waals surface area contributed by atoms with Crippen LogP contribution in [0.2, 0.25) is 10.0 Å². The Kier molecular flexibility index (Phi) is 3.46. The Morgan fingerprint density at radius 3 is 1.93 bits per heavy atom. The van der Waals surface area contributed by atoms with E-state index < -0.39 is 11.9 Å². The van der Waals surface area contributed by atoms with Crippen LogP contribution in [0.4, 0.5) is 13.2 Å². The first-order valence-electron chi connectivity index (χ1n) is 3.60. The number of hydrogen-bond acceptors (Lipinski definition) is 2. The largest absolute Gasteiger partial charge is 0.437 e. The van der Waals surface area contributed by atoms with Gasteiger partial charge < -0.3 is 5.21 Å². The molecule has 0 aliphatic heterocycles. The van der Waals surface area contributed by atoms with Crippen molar-refractivity contribution in [3.8, 4) is 0 Å². The fourth-order valence-corrected chi connectivity index (χ4v) is 1.49. The monoisotopic (exact) mass is 257 g/mol. The minimum Gasteiger partial charge on any atom is -0.410 e. The van der Waals surface area contributed by atoms with Crippen molar-refractivity contribution < 1.29 is 18.4 Å². The van der Waals surface area contributed by atoms with Crippen LogP contribution in [0, 0.1) is 0 Å². The summed E-state index contributed by atoms with van der Waals surface area (Å²) in [6.07, 6.45) is -4.76. The van der Waals surface area contributed by atoms with E-state index in [-0.39, 0.29) is 15.6 Å². The summed E-state index contributed by atoms with van der Waals surface area (Å²) in [4.78, 5) is 0. The van der Waals surface area contributed by atoms with Crippen LogP contribution in [0.15, 0.2) is 23.4 Å². The van der Waals surface area contributed by atoms with Crippen LogP contribution in [-0.2, 0) is 0 Å². The van der Waals surface area contributed by atoms with Gasteiger partial charge in [-0.05, 0) is 18.2 Å². The standard InChI is InChI=1S/C8H4Cl2F3NO/c9-5-1-4(2-6(10)3-5)7(14-15)8(11,12)13/h1-3,15H/b14-7+. The maximum absolute atomic E-state index is 12.3. The number of halogens is 5. The smallest absolute Gasteiger partial charge is 0.410 e. The van der Waals surface area contributed by atoms with Crippen LogP contribution >= 0.6 is 23.2 Å². The number of rotatable bonds is 1. The minimum absolute atomic E-state index is 0.0305. The summed E-state index contributed by atoms with van der Waals surface area (Å²) in [5.41, 5.74) is -1.82. The third-order valence-electron chi connectivity index (χ3n) is 1.50. The van der Waals surface area contributed by atoms with Crippen LogP contribution in [0.1, 0.15) is 5.56 Å². The third kappa shape index (κ3) is 3.00. The van der Waals surface area contributed by atoms with Crippen molar-refractivity contribution in [2.24, 2.45) is 5.16 Å². The topological polar surface area (TPSA) is 32.6 Å². The first kappa shape index (κ1) is 12.1. The lowest BCUT2D eigenvalue weighted by atomic mass is 10.1. The second-order valence-electron chi connectivity index (χ2n) is 2.60. The fraction of sp³-hybridized carbons (Fsp3) is 0.125. The summed E-state index contributed by atoms with van der Waals surface area (Å²) in [7, 11) is 0. The summed E-state index contributed by atoms with van der Waals surface area (Å²) in [6.45, 7) is 0. The van der Waals surface area contributed by atoms with Gasteiger partial charge in [-0.3, -0.25) is 0 Å². The van der Waals surface area contributed by atoms with Crippen LogP contribution in [0.3, 0.4) is 0 Å². The van der Waals surface area contributed by atoms with E-state index in [1.54, 1.807) is 0 Å². The van der Waals surface area contributed by atoms with Gasteiger partial charge in [0.2, 0.25) is 0 Å². The molecule has 7 heteroatoms. The molecule has 1 aromatic rings. The van der Waals surface area contributed by atoms with Gasteiger partial charge in [0.05, 0.1) is 0 Å². The van der Waals surface area contributed by atoms with E-state index in [2.05, 4.69) is 5.16 Å². The molecule has 0 saturated carbocycles. The lowest BCUT2D eigenvalue weighted by Crippen LogP contribution is -2.24. The molecule has 0 amide bonds. The zero-order chi connectivity index (χ0) is 11.6. The molecule has 0 radical (unpaired) electrons. The SMILES string of the molecule is O/N=C(\c1cc(Cl)cc(Cl)c1)C(F)(F)F. The predicted molar refractivity (Wildman–Crippen MR) is 50.8 cm³/mol. The maximum Gasteiger partial charge on any atom is 0.437 e. The molecule has 0 unspecified atom stereocenters. The van der Waals surface area contributed by atoms with Gasteiger partial charge in [0.1, 0.15) is 0 Å². The summed E-state index contributed by atoms with van der Waals surface area (Å²) >= 11 is 11.0. The Bertz CT molecular complexity index is 383. The molecule has 0 aliphatic rings. The fourth-order valence-electron chi connectivity index (χ4n) is 0.969. The molecular weight excluding hydrogens is 254 g/mol. The van der Waals surface area contributed by atoms with Gasteiger partial charge in [-0.1, -0.05) is 28.4 Å². The maximum atomic E-state index is 12.3. The highest BCUT2D eigenvalue weighted by Crippen LogP contribution is 2.26. The lowest BCUT2D eigenvalue weighted by molar-refractivity contribution is -0.0601. The highest BCUT2D eigenvalue weighted by Gasteiger charge is 2.37. The average molecular weight is 258 g/mol. The van der Waals surface area contributed by atoms with E-state index in [9.17, 15) is 13.2 Å². The highest BCUT2D eigenvalue weighted by atomic mass is 35.5. The third-order valence-corrected chi connectivity index (χ3v) is 1.94. The van der Waals surface area contributed by atoms with E-state index >= 15 is 0 Å². The van der Waals surface area contributed by atoms with E-state index in [1.165, 1.54) is 6.07 Å². The van der Waals surface area contributed by atoms with Crippen molar-refractivity contribution in [1.29, 1.82) is 0 Å². The normalized spacial score (nSPS) is 13.0. The Morgan fingerprint density at radius 2 is 1.60 bits per heavy atom. The number of hydrogen-bond donors (Lipinski definition) is 1. The summed E-state index contributed by atoms with van der Waals surface area (Å²) in [6, 6.07) is 3.30. The van der Waals surface area contributed by atoms with Crippen LogP contribution < -0.4 is 0 Å². The van der Waals surface area contributed by atoms with E-state index in [0.29, 0.717) is 0 Å². The highest BCUT2D eigenvalue weighted by molar-refractivity contribution is 6.35. The molecule has 0 aromatic heterocycles. The molecule has 0 atom stereocenters. The van der Waals surface area contributed by atoms with Crippen LogP contribution in [0.5, 0.6) is 0 Å². The van der Waals surface area contributed by atoms with Crippen molar-refractivity contribution in [3.05, 3.63) is 33.8 Å². The van der Waals surface area contributed by atoms with Gasteiger partial charge in [-0.2, -0.15) is 13.2 Å². The van der Waals surface area contributed by atoms with Gasteiger partial charge in [-0.25, -0.2) is 0 Å². The van der Waals surface area contributed by atoms with E-state index in [0.717, 1.165) is 12.1 Å². The minimum atomic E-state index is -4.76. The summed E-state index contributed by atoms with van der Waals surface area (Å²) < 4.78 is 36.9. The molecule has 0 bridgehead atoms. The van der Waals surface area contributed by atoms with E-state index in [4.69, 9.17) is 28.4 Å². The van der Waals surface area contributed by atoms with Crippen LogP contribution in [0.25, 0.3) is 0 Å². The van der Waals surface area contributed by atoms with Gasteiger partial charge >= 0.3 is 6.18 Å². The molecule has 15 heavy (non-hydrogen) atoms. The number of nitrogens with zero attached hydrogens (tertiary/aromatic N) is 1. The molecule has 0 spiro atoms. The summed E-state index contributed by atoms with van der Waals surface area (Å²) in [5, 5.41) is 10.5. The molecule has 0 aliphatic carbocycles. The molecule has 0 heterocycles. The Morgan fingerprint density at radius 1 is 1.13 bits per heavy atom. The molecular formula is C8H4Cl2F3NO. The molecule has 1 N–H and O–H groups in total. The van der Waals surface area contributed by atoms with Crippen molar-refractivity contribution in [3.63, 3.8) is 0 Å². The predicted octanol–water partition coefficient (Wildman–Crippen LogP) is 3.73. The molecule has 2 nitrogen and oxygen atoms in total. The van der Waals surface area contributed by atoms with Crippen molar-refractivity contribution in [2.45, 2.75) is 6.18 Å². The molecule has 1 aromatic carbocycles. The Balaban J connectivity index is 3.26. The first-order valence-corrected chi connectivity index (χ1v) is 4.36. The zero-order valence-corrected chi connectivity index (χ0v) is 8.53. The van der Waals surface area contributed by atoms with Gasteiger partial charge in [0.15, 0.2) is 5.71 Å². The molecule has 1 rings (SSSR count). The number of alkyl halides is 3. The second kappa shape index (κ2) is 4.28. The van der Waals surface area contributed by atoms with Crippen molar-refractivity contribution in [2.75, 3.05) is 0 Å². The zero-order valence-electron chi connectivity index (χ0n) is 7.02.